The first-order valence-electron chi connectivity index (χ1n) is 8.89. The number of anilines is 1. The van der Waals surface area contributed by atoms with Crippen LogP contribution >= 0.6 is 11.6 Å². The van der Waals surface area contributed by atoms with Gasteiger partial charge in [0.2, 0.25) is 5.91 Å². The summed E-state index contributed by atoms with van der Waals surface area (Å²) >= 11 is 5.89. The molecular formula is C22H16ClFN4O. The number of nitrogens with zero attached hydrogens (tertiary/aromatic N) is 2. The predicted octanol–water partition coefficient (Wildman–Crippen LogP) is 5.11. The summed E-state index contributed by atoms with van der Waals surface area (Å²) in [5, 5.41) is 10.7. The molecule has 0 aliphatic heterocycles. The van der Waals surface area contributed by atoms with Crippen LogP contribution in [-0.2, 0) is 11.2 Å². The number of carbonyl (C=O) groups is 1. The Balaban J connectivity index is 1.67. The van der Waals surface area contributed by atoms with Crippen LogP contribution in [0.3, 0.4) is 0 Å². The summed E-state index contributed by atoms with van der Waals surface area (Å²) in [7, 11) is 0. The quantitative estimate of drug-likeness (QED) is 0.483. The van der Waals surface area contributed by atoms with Crippen LogP contribution in [0.25, 0.3) is 22.4 Å². The van der Waals surface area contributed by atoms with Crippen molar-refractivity contribution in [1.82, 2.24) is 15.2 Å². The third kappa shape index (κ3) is 4.33. The standard InChI is InChI=1S/C22H16ClFN4O/c23-17-5-1-14(2-6-17)13-19(29)26-22-20(15-9-11-25-12-10-15)21(27-28-22)16-3-7-18(24)8-4-16/h1-12H,13H2,(H2,26,27,28,29). The molecule has 0 radical (unpaired) electrons. The Morgan fingerprint density at radius 2 is 1.66 bits per heavy atom. The maximum atomic E-state index is 13.3. The number of hydrogen-bond donors (Lipinski definition) is 2. The van der Waals surface area contributed by atoms with Crippen LogP contribution in [0.4, 0.5) is 10.2 Å². The normalized spacial score (nSPS) is 10.7. The van der Waals surface area contributed by atoms with Gasteiger partial charge in [0, 0.05) is 23.0 Å². The van der Waals surface area contributed by atoms with Gasteiger partial charge in [-0.15, -0.1) is 0 Å². The number of H-pyrrole nitrogens is 1. The SMILES string of the molecule is O=C(Cc1ccc(Cl)cc1)Nc1n[nH]c(-c2ccc(F)cc2)c1-c1ccncc1. The van der Waals surface area contributed by atoms with Crippen molar-refractivity contribution in [3.8, 4) is 22.4 Å². The van der Waals surface area contributed by atoms with Crippen molar-refractivity contribution in [3.05, 3.63) is 89.5 Å². The lowest BCUT2D eigenvalue weighted by atomic mass is 10.0. The fraction of sp³-hybridized carbons (Fsp3) is 0.0455. The second-order valence-corrected chi connectivity index (χ2v) is 6.85. The molecular weight excluding hydrogens is 391 g/mol. The highest BCUT2D eigenvalue weighted by atomic mass is 35.5. The van der Waals surface area contributed by atoms with Crippen LogP contribution < -0.4 is 5.32 Å². The van der Waals surface area contributed by atoms with Crippen LogP contribution in [-0.4, -0.2) is 21.1 Å². The molecule has 0 saturated carbocycles. The van der Waals surface area contributed by atoms with E-state index >= 15 is 0 Å². The molecule has 2 N–H and O–H groups in total. The minimum Gasteiger partial charge on any atom is -0.308 e. The fourth-order valence-corrected chi connectivity index (χ4v) is 3.15. The Labute approximate surface area is 171 Å². The molecule has 0 aliphatic rings. The van der Waals surface area contributed by atoms with E-state index in [-0.39, 0.29) is 18.1 Å². The highest BCUT2D eigenvalue weighted by Gasteiger charge is 2.18. The summed E-state index contributed by atoms with van der Waals surface area (Å²) in [5.41, 5.74) is 3.81. The zero-order valence-electron chi connectivity index (χ0n) is 15.2. The number of pyridine rings is 1. The van der Waals surface area contributed by atoms with Crippen LogP contribution in [0.5, 0.6) is 0 Å². The molecule has 2 aromatic carbocycles. The van der Waals surface area contributed by atoms with Crippen LogP contribution in [0.1, 0.15) is 5.56 Å². The van der Waals surface area contributed by atoms with Crippen molar-refractivity contribution in [1.29, 1.82) is 0 Å². The average molecular weight is 407 g/mol. The van der Waals surface area contributed by atoms with Gasteiger partial charge < -0.3 is 5.32 Å². The summed E-state index contributed by atoms with van der Waals surface area (Å²) in [6.07, 6.45) is 3.51. The van der Waals surface area contributed by atoms with Gasteiger partial charge in [-0.2, -0.15) is 5.10 Å². The highest BCUT2D eigenvalue weighted by Crippen LogP contribution is 2.36. The van der Waals surface area contributed by atoms with Gasteiger partial charge in [0.25, 0.3) is 0 Å². The van der Waals surface area contributed by atoms with Crippen molar-refractivity contribution >= 4 is 23.3 Å². The maximum absolute atomic E-state index is 13.3. The Hall–Kier alpha value is -3.51. The van der Waals surface area contributed by atoms with Gasteiger partial charge in [-0.05, 0) is 59.7 Å². The molecule has 0 spiro atoms. The number of hydrogen-bond acceptors (Lipinski definition) is 3. The number of amides is 1. The lowest BCUT2D eigenvalue weighted by Crippen LogP contribution is -2.15. The minimum absolute atomic E-state index is 0.186. The molecule has 29 heavy (non-hydrogen) atoms. The van der Waals surface area contributed by atoms with Crippen LogP contribution in [0.15, 0.2) is 73.1 Å². The van der Waals surface area contributed by atoms with E-state index in [1.54, 1.807) is 48.8 Å². The minimum atomic E-state index is -0.324. The van der Waals surface area contributed by atoms with Gasteiger partial charge in [0.05, 0.1) is 17.7 Å². The lowest BCUT2D eigenvalue weighted by molar-refractivity contribution is -0.115. The molecule has 4 aromatic rings. The van der Waals surface area contributed by atoms with Gasteiger partial charge in [-0.1, -0.05) is 23.7 Å². The van der Waals surface area contributed by atoms with E-state index in [1.807, 2.05) is 12.1 Å². The molecule has 0 saturated heterocycles. The Bertz CT molecular complexity index is 1130. The number of nitrogens with one attached hydrogen (secondary N) is 2. The maximum Gasteiger partial charge on any atom is 0.230 e. The number of carbonyl (C=O) groups excluding carboxylic acids is 1. The van der Waals surface area contributed by atoms with Gasteiger partial charge in [0.15, 0.2) is 5.82 Å². The van der Waals surface area contributed by atoms with Crippen molar-refractivity contribution in [3.63, 3.8) is 0 Å². The van der Waals surface area contributed by atoms with E-state index in [0.29, 0.717) is 22.1 Å². The van der Waals surface area contributed by atoms with Crippen molar-refractivity contribution in [2.24, 2.45) is 0 Å². The summed E-state index contributed by atoms with van der Waals surface area (Å²) in [5.74, 6) is -0.135. The molecule has 144 valence electrons. The van der Waals surface area contributed by atoms with E-state index in [9.17, 15) is 9.18 Å². The first-order chi connectivity index (χ1) is 14.1. The Morgan fingerprint density at radius 1 is 0.966 bits per heavy atom. The molecule has 5 nitrogen and oxygen atoms in total. The molecule has 0 unspecified atom stereocenters. The summed E-state index contributed by atoms with van der Waals surface area (Å²) in [6.45, 7) is 0. The molecule has 0 fully saturated rings. The fourth-order valence-electron chi connectivity index (χ4n) is 3.02. The molecule has 4 rings (SSSR count). The second kappa shape index (κ2) is 8.24. The Morgan fingerprint density at radius 3 is 2.34 bits per heavy atom. The number of aromatic amines is 1. The molecule has 2 aromatic heterocycles. The van der Waals surface area contributed by atoms with Gasteiger partial charge in [0.1, 0.15) is 5.82 Å². The molecule has 0 atom stereocenters. The van der Waals surface area contributed by atoms with Crippen molar-refractivity contribution < 1.29 is 9.18 Å². The number of aromatic nitrogens is 3. The third-order valence-corrected chi connectivity index (χ3v) is 4.66. The largest absolute Gasteiger partial charge is 0.308 e. The smallest absolute Gasteiger partial charge is 0.230 e. The van der Waals surface area contributed by atoms with Gasteiger partial charge in [-0.3, -0.25) is 14.9 Å². The zero-order chi connectivity index (χ0) is 20.2. The molecule has 0 bridgehead atoms. The van der Waals surface area contributed by atoms with Crippen LogP contribution in [0, 0.1) is 5.82 Å². The summed E-state index contributed by atoms with van der Waals surface area (Å²) < 4.78 is 13.3. The van der Waals surface area contributed by atoms with E-state index in [0.717, 1.165) is 16.7 Å². The molecule has 2 heterocycles. The molecule has 7 heteroatoms. The number of rotatable bonds is 5. The third-order valence-electron chi connectivity index (χ3n) is 4.40. The van der Waals surface area contributed by atoms with Crippen molar-refractivity contribution in [2.75, 3.05) is 5.32 Å². The second-order valence-electron chi connectivity index (χ2n) is 6.42. The highest BCUT2D eigenvalue weighted by molar-refractivity contribution is 6.30. The lowest BCUT2D eigenvalue weighted by Gasteiger charge is -2.08. The van der Waals surface area contributed by atoms with E-state index in [4.69, 9.17) is 11.6 Å². The number of halogens is 2. The van der Waals surface area contributed by atoms with E-state index < -0.39 is 0 Å². The molecule has 0 aliphatic carbocycles. The average Bonchev–Trinajstić information content (AvgIpc) is 3.14. The first kappa shape index (κ1) is 18.8. The van der Waals surface area contributed by atoms with E-state index in [2.05, 4.69) is 20.5 Å². The Kier molecular flexibility index (Phi) is 5.35. The van der Waals surface area contributed by atoms with Crippen molar-refractivity contribution in [2.45, 2.75) is 6.42 Å². The summed E-state index contributed by atoms with van der Waals surface area (Å²) in [6, 6.07) is 16.8. The zero-order valence-corrected chi connectivity index (χ0v) is 15.9. The topological polar surface area (TPSA) is 70.7 Å². The van der Waals surface area contributed by atoms with E-state index in [1.165, 1.54) is 12.1 Å². The summed E-state index contributed by atoms with van der Waals surface area (Å²) in [4.78, 5) is 16.6. The first-order valence-corrected chi connectivity index (χ1v) is 9.27. The number of benzene rings is 2. The van der Waals surface area contributed by atoms with Gasteiger partial charge >= 0.3 is 0 Å². The van der Waals surface area contributed by atoms with Crippen LogP contribution in [0.2, 0.25) is 5.02 Å². The monoisotopic (exact) mass is 406 g/mol. The molecule has 1 amide bonds. The van der Waals surface area contributed by atoms with Gasteiger partial charge in [-0.25, -0.2) is 4.39 Å². The predicted molar refractivity (Wildman–Crippen MR) is 111 cm³/mol.